The molecular weight excluding hydrogens is 220 g/mol. The summed E-state index contributed by atoms with van der Waals surface area (Å²) in [6.07, 6.45) is 0. The van der Waals surface area contributed by atoms with Crippen molar-refractivity contribution in [1.29, 1.82) is 0 Å². The minimum Gasteiger partial charge on any atom is -0.493 e. The predicted octanol–water partition coefficient (Wildman–Crippen LogP) is 5.05. The lowest BCUT2D eigenvalue weighted by molar-refractivity contribution is 0.161. The molecule has 1 nitrogen and oxygen atoms in total. The zero-order valence-corrected chi connectivity index (χ0v) is 13.0. The number of hydrogen-bond donors (Lipinski definition) is 0. The van der Waals surface area contributed by atoms with E-state index in [0.717, 1.165) is 12.4 Å². The van der Waals surface area contributed by atoms with Gasteiger partial charge >= 0.3 is 0 Å². The molecule has 1 heteroatoms. The van der Waals surface area contributed by atoms with Crippen LogP contribution in [0.25, 0.3) is 0 Å². The molecule has 0 aliphatic heterocycles. The average Bonchev–Trinajstić information content (AvgIpc) is 2.24. The second-order valence-corrected chi connectivity index (χ2v) is 7.35. The summed E-state index contributed by atoms with van der Waals surface area (Å²) in [6, 6.07) is 8.49. The first-order valence-electron chi connectivity index (χ1n) is 6.84. The summed E-state index contributed by atoms with van der Waals surface area (Å²) in [5.41, 5.74) is 1.85. The molecule has 1 unspecified atom stereocenters. The van der Waals surface area contributed by atoms with Gasteiger partial charge in [0.15, 0.2) is 0 Å². The molecule has 0 aliphatic carbocycles. The minimum atomic E-state index is 0.206. The van der Waals surface area contributed by atoms with E-state index in [1.54, 1.807) is 0 Å². The zero-order chi connectivity index (χ0) is 14.0. The maximum absolute atomic E-state index is 5.86. The third-order valence-corrected chi connectivity index (χ3v) is 3.70. The van der Waals surface area contributed by atoms with E-state index in [9.17, 15) is 0 Å². The van der Waals surface area contributed by atoms with Gasteiger partial charge in [-0.05, 0) is 34.4 Å². The molecule has 0 saturated carbocycles. The largest absolute Gasteiger partial charge is 0.493 e. The number of rotatable bonds is 3. The van der Waals surface area contributed by atoms with Crippen molar-refractivity contribution in [2.24, 2.45) is 11.3 Å². The molecule has 0 amide bonds. The highest BCUT2D eigenvalue weighted by molar-refractivity contribution is 5.31. The minimum absolute atomic E-state index is 0.206. The molecule has 0 saturated heterocycles. The maximum Gasteiger partial charge on any atom is 0.119 e. The summed E-state index contributed by atoms with van der Waals surface area (Å²) in [5.74, 6) is 1.51. The Kier molecular flexibility index (Phi) is 4.47. The van der Waals surface area contributed by atoms with E-state index < -0.39 is 0 Å². The highest BCUT2D eigenvalue weighted by atomic mass is 16.5. The van der Waals surface area contributed by atoms with Crippen molar-refractivity contribution in [3.05, 3.63) is 29.8 Å². The van der Waals surface area contributed by atoms with E-state index in [4.69, 9.17) is 4.74 Å². The molecule has 0 radical (unpaired) electrons. The van der Waals surface area contributed by atoms with Crippen LogP contribution in [0.1, 0.15) is 54.0 Å². The number of benzene rings is 1. The summed E-state index contributed by atoms with van der Waals surface area (Å²) in [7, 11) is 0. The zero-order valence-electron chi connectivity index (χ0n) is 13.0. The van der Waals surface area contributed by atoms with Crippen LogP contribution in [-0.2, 0) is 5.41 Å². The SMILES string of the molecule is CC(COc1ccc(C(C)(C)C)cc1)C(C)(C)C. The molecule has 0 fully saturated rings. The molecule has 1 atom stereocenters. The van der Waals surface area contributed by atoms with Crippen LogP contribution >= 0.6 is 0 Å². The van der Waals surface area contributed by atoms with Crippen LogP contribution in [0, 0.1) is 11.3 Å². The van der Waals surface area contributed by atoms with E-state index in [2.05, 4.69) is 72.7 Å². The van der Waals surface area contributed by atoms with E-state index >= 15 is 0 Å². The molecule has 1 aromatic carbocycles. The van der Waals surface area contributed by atoms with Gasteiger partial charge in [0.2, 0.25) is 0 Å². The Balaban J connectivity index is 2.60. The summed E-state index contributed by atoms with van der Waals surface area (Å²) < 4.78 is 5.86. The predicted molar refractivity (Wildman–Crippen MR) is 79.3 cm³/mol. The maximum atomic E-state index is 5.86. The molecular formula is C17H28O. The lowest BCUT2D eigenvalue weighted by Gasteiger charge is -2.27. The van der Waals surface area contributed by atoms with Crippen LogP contribution in [0.4, 0.5) is 0 Å². The van der Waals surface area contributed by atoms with Crippen LogP contribution in [0.5, 0.6) is 5.75 Å². The second kappa shape index (κ2) is 5.34. The molecule has 1 rings (SSSR count). The van der Waals surface area contributed by atoms with Gasteiger partial charge in [0.05, 0.1) is 6.61 Å². The third-order valence-electron chi connectivity index (χ3n) is 3.70. The van der Waals surface area contributed by atoms with Crippen LogP contribution in [-0.4, -0.2) is 6.61 Å². The van der Waals surface area contributed by atoms with Gasteiger partial charge in [0, 0.05) is 0 Å². The highest BCUT2D eigenvalue weighted by Crippen LogP contribution is 2.27. The van der Waals surface area contributed by atoms with Gasteiger partial charge in [-0.2, -0.15) is 0 Å². The molecule has 0 spiro atoms. The van der Waals surface area contributed by atoms with Gasteiger partial charge in [-0.1, -0.05) is 60.6 Å². The normalized spacial score (nSPS) is 14.4. The van der Waals surface area contributed by atoms with Crippen molar-refractivity contribution < 1.29 is 4.74 Å². The van der Waals surface area contributed by atoms with Crippen molar-refractivity contribution in [2.75, 3.05) is 6.61 Å². The van der Waals surface area contributed by atoms with E-state index in [-0.39, 0.29) is 5.41 Å². The quantitative estimate of drug-likeness (QED) is 0.727. The smallest absolute Gasteiger partial charge is 0.119 e. The van der Waals surface area contributed by atoms with Crippen LogP contribution in [0.2, 0.25) is 0 Å². The average molecular weight is 248 g/mol. The first-order valence-corrected chi connectivity index (χ1v) is 6.84. The molecule has 0 N–H and O–H groups in total. The molecule has 102 valence electrons. The van der Waals surface area contributed by atoms with Gasteiger partial charge in [-0.3, -0.25) is 0 Å². The number of ether oxygens (including phenoxy) is 1. The topological polar surface area (TPSA) is 9.23 Å². The lowest BCUT2D eigenvalue weighted by Crippen LogP contribution is -2.23. The first kappa shape index (κ1) is 15.1. The van der Waals surface area contributed by atoms with Crippen molar-refractivity contribution in [1.82, 2.24) is 0 Å². The van der Waals surface area contributed by atoms with Crippen LogP contribution in [0.15, 0.2) is 24.3 Å². The molecule has 1 aromatic rings. The molecule has 0 bridgehead atoms. The third kappa shape index (κ3) is 4.36. The van der Waals surface area contributed by atoms with Crippen LogP contribution in [0.3, 0.4) is 0 Å². The van der Waals surface area contributed by atoms with E-state index in [1.165, 1.54) is 5.56 Å². The van der Waals surface area contributed by atoms with Crippen molar-refractivity contribution in [2.45, 2.75) is 53.9 Å². The van der Waals surface area contributed by atoms with Gasteiger partial charge in [0.1, 0.15) is 5.75 Å². The highest BCUT2D eigenvalue weighted by Gasteiger charge is 2.20. The summed E-state index contributed by atoms with van der Waals surface area (Å²) >= 11 is 0. The van der Waals surface area contributed by atoms with Gasteiger partial charge in [-0.25, -0.2) is 0 Å². The van der Waals surface area contributed by atoms with E-state index in [1.807, 2.05) is 0 Å². The Morgan fingerprint density at radius 3 is 1.83 bits per heavy atom. The fraction of sp³-hybridized carbons (Fsp3) is 0.647. The van der Waals surface area contributed by atoms with Crippen LogP contribution < -0.4 is 4.74 Å². The van der Waals surface area contributed by atoms with Gasteiger partial charge in [0.25, 0.3) is 0 Å². The lowest BCUT2D eigenvalue weighted by atomic mass is 9.83. The summed E-state index contributed by atoms with van der Waals surface area (Å²) in [5, 5.41) is 0. The Bertz CT molecular complexity index is 362. The van der Waals surface area contributed by atoms with Crippen molar-refractivity contribution >= 4 is 0 Å². The fourth-order valence-corrected chi connectivity index (χ4v) is 1.52. The Hall–Kier alpha value is -0.980. The standard InChI is InChI=1S/C17H28O/c1-13(16(2,3)4)12-18-15-10-8-14(9-11-15)17(5,6)7/h8-11,13H,12H2,1-7H3. The van der Waals surface area contributed by atoms with Gasteiger partial charge < -0.3 is 4.74 Å². The molecule has 0 aliphatic rings. The second-order valence-electron chi connectivity index (χ2n) is 7.35. The monoisotopic (exact) mass is 248 g/mol. The summed E-state index contributed by atoms with van der Waals surface area (Å²) in [6.45, 7) is 16.5. The molecule has 0 heterocycles. The van der Waals surface area contributed by atoms with Crippen molar-refractivity contribution in [3.63, 3.8) is 0 Å². The van der Waals surface area contributed by atoms with E-state index in [0.29, 0.717) is 11.3 Å². The number of hydrogen-bond acceptors (Lipinski definition) is 1. The Labute approximate surface area is 113 Å². The molecule has 18 heavy (non-hydrogen) atoms. The Morgan fingerprint density at radius 1 is 0.944 bits per heavy atom. The summed E-state index contributed by atoms with van der Waals surface area (Å²) in [4.78, 5) is 0. The fourth-order valence-electron chi connectivity index (χ4n) is 1.52. The van der Waals surface area contributed by atoms with Crippen molar-refractivity contribution in [3.8, 4) is 5.75 Å². The first-order chi connectivity index (χ1) is 8.10. The Morgan fingerprint density at radius 2 is 1.44 bits per heavy atom. The van der Waals surface area contributed by atoms with Gasteiger partial charge in [-0.15, -0.1) is 0 Å². The molecule has 0 aromatic heterocycles.